The maximum absolute atomic E-state index is 12.9. The van der Waals surface area contributed by atoms with Gasteiger partial charge in [-0.2, -0.15) is 0 Å². The summed E-state index contributed by atoms with van der Waals surface area (Å²) < 4.78 is 1.48. The van der Waals surface area contributed by atoms with E-state index in [1.165, 1.54) is 10.9 Å². The number of carbonyl (C=O) groups excluding carboxylic acids is 2. The van der Waals surface area contributed by atoms with Crippen LogP contribution in [0.4, 0.5) is 4.79 Å². The Kier molecular flexibility index (Phi) is 6.43. The number of rotatable bonds is 5. The van der Waals surface area contributed by atoms with Crippen LogP contribution in [0.25, 0.3) is 11.3 Å². The van der Waals surface area contributed by atoms with Crippen molar-refractivity contribution in [2.45, 2.75) is 32.2 Å². The summed E-state index contributed by atoms with van der Waals surface area (Å²) in [6, 6.07) is 6.83. The number of aromatic nitrogens is 2. The molecule has 0 atom stereocenters. The molecule has 2 amide bonds. The zero-order valence-electron chi connectivity index (χ0n) is 16.3. The first kappa shape index (κ1) is 20.0. The Labute approximate surface area is 164 Å². The monoisotopic (exact) mass is 385 g/mol. The fourth-order valence-corrected chi connectivity index (χ4v) is 3.65. The number of nitrogens with zero attached hydrogens (tertiary/aromatic N) is 4. The maximum Gasteiger partial charge on any atom is 0.329 e. The Morgan fingerprint density at radius 3 is 2.75 bits per heavy atom. The molecule has 8 nitrogen and oxygen atoms in total. The summed E-state index contributed by atoms with van der Waals surface area (Å²) in [7, 11) is 1.84. The van der Waals surface area contributed by atoms with Crippen molar-refractivity contribution in [2.24, 2.45) is 0 Å². The SMILES string of the molecule is CCCN1CCC(N(C)C(=O)n2cnc(-c3cccc(C(=O)NO)c3)c2)CC1. The van der Waals surface area contributed by atoms with Gasteiger partial charge in [-0.25, -0.2) is 15.3 Å². The smallest absolute Gasteiger partial charge is 0.324 e. The predicted octanol–water partition coefficient (Wildman–Crippen LogP) is 2.44. The molecule has 1 aliphatic rings. The molecule has 0 spiro atoms. The van der Waals surface area contributed by atoms with E-state index >= 15 is 0 Å². The van der Waals surface area contributed by atoms with Gasteiger partial charge in [0.1, 0.15) is 6.33 Å². The number of likely N-dealkylation sites (tertiary alicyclic amines) is 1. The summed E-state index contributed by atoms with van der Waals surface area (Å²) >= 11 is 0. The zero-order valence-corrected chi connectivity index (χ0v) is 16.3. The molecule has 0 bridgehead atoms. The van der Waals surface area contributed by atoms with E-state index in [2.05, 4.69) is 16.8 Å². The van der Waals surface area contributed by atoms with Gasteiger partial charge in [0.05, 0.1) is 5.69 Å². The quantitative estimate of drug-likeness (QED) is 0.609. The summed E-state index contributed by atoms with van der Waals surface area (Å²) in [5.41, 5.74) is 3.22. The Balaban J connectivity index is 1.68. The number of piperidine rings is 1. The van der Waals surface area contributed by atoms with Gasteiger partial charge in [-0.3, -0.25) is 14.6 Å². The Hall–Kier alpha value is -2.71. The van der Waals surface area contributed by atoms with E-state index in [-0.39, 0.29) is 12.1 Å². The van der Waals surface area contributed by atoms with Crippen LogP contribution in [0.5, 0.6) is 0 Å². The van der Waals surface area contributed by atoms with Crippen molar-refractivity contribution in [1.82, 2.24) is 24.8 Å². The van der Waals surface area contributed by atoms with E-state index in [0.717, 1.165) is 38.9 Å². The van der Waals surface area contributed by atoms with Crippen molar-refractivity contribution in [3.63, 3.8) is 0 Å². The molecule has 1 aromatic heterocycles. The molecule has 1 aliphatic heterocycles. The lowest BCUT2D eigenvalue weighted by Gasteiger charge is -2.36. The number of imidazole rings is 1. The van der Waals surface area contributed by atoms with Gasteiger partial charge < -0.3 is 9.80 Å². The molecule has 1 saturated heterocycles. The summed E-state index contributed by atoms with van der Waals surface area (Å²) in [6.07, 6.45) is 6.27. The van der Waals surface area contributed by atoms with E-state index in [4.69, 9.17) is 5.21 Å². The van der Waals surface area contributed by atoms with E-state index in [1.54, 1.807) is 40.8 Å². The van der Waals surface area contributed by atoms with Crippen LogP contribution in [-0.4, -0.2) is 69.2 Å². The van der Waals surface area contributed by atoms with Gasteiger partial charge in [0.25, 0.3) is 5.91 Å². The van der Waals surface area contributed by atoms with E-state index in [0.29, 0.717) is 16.8 Å². The number of amides is 2. The van der Waals surface area contributed by atoms with Crippen LogP contribution < -0.4 is 5.48 Å². The fraction of sp³-hybridized carbons (Fsp3) is 0.450. The van der Waals surface area contributed by atoms with Crippen LogP contribution in [0.2, 0.25) is 0 Å². The molecule has 0 unspecified atom stereocenters. The summed E-state index contributed by atoms with van der Waals surface area (Å²) in [4.78, 5) is 33.0. The highest BCUT2D eigenvalue weighted by molar-refractivity contribution is 5.94. The third-order valence-corrected chi connectivity index (χ3v) is 5.27. The third kappa shape index (κ3) is 4.40. The molecular weight excluding hydrogens is 358 g/mol. The second-order valence-electron chi connectivity index (χ2n) is 7.15. The van der Waals surface area contributed by atoms with Crippen LogP contribution in [0.3, 0.4) is 0 Å². The van der Waals surface area contributed by atoms with E-state index in [9.17, 15) is 9.59 Å². The van der Waals surface area contributed by atoms with Crippen molar-refractivity contribution < 1.29 is 14.8 Å². The van der Waals surface area contributed by atoms with Gasteiger partial charge in [0, 0.05) is 43.5 Å². The molecule has 0 saturated carbocycles. The molecule has 150 valence electrons. The first-order chi connectivity index (χ1) is 13.5. The average molecular weight is 385 g/mol. The minimum atomic E-state index is -0.591. The van der Waals surface area contributed by atoms with Gasteiger partial charge >= 0.3 is 6.03 Å². The van der Waals surface area contributed by atoms with Crippen molar-refractivity contribution in [2.75, 3.05) is 26.7 Å². The number of hydrogen-bond donors (Lipinski definition) is 2. The standard InChI is InChI=1S/C20H27N5O3/c1-3-9-24-10-7-17(8-11-24)23(2)20(27)25-13-18(21-14-25)15-5-4-6-16(12-15)19(26)22-28/h4-6,12-14,17,28H,3,7-11H2,1-2H3,(H,22,26). The lowest BCUT2D eigenvalue weighted by atomic mass is 10.0. The third-order valence-electron chi connectivity index (χ3n) is 5.27. The maximum atomic E-state index is 12.9. The molecule has 2 N–H and O–H groups in total. The van der Waals surface area contributed by atoms with Gasteiger partial charge in [-0.1, -0.05) is 19.1 Å². The number of carbonyl (C=O) groups is 2. The fourth-order valence-electron chi connectivity index (χ4n) is 3.65. The number of nitrogens with one attached hydrogen (secondary N) is 1. The topological polar surface area (TPSA) is 90.7 Å². The van der Waals surface area contributed by atoms with Crippen LogP contribution in [-0.2, 0) is 0 Å². The van der Waals surface area contributed by atoms with Crippen molar-refractivity contribution in [3.05, 3.63) is 42.4 Å². The minimum Gasteiger partial charge on any atom is -0.324 e. The van der Waals surface area contributed by atoms with Gasteiger partial charge in [-0.05, 0) is 37.9 Å². The molecule has 28 heavy (non-hydrogen) atoms. The van der Waals surface area contributed by atoms with Crippen LogP contribution in [0.1, 0.15) is 36.5 Å². The van der Waals surface area contributed by atoms with Crippen molar-refractivity contribution >= 4 is 11.9 Å². The zero-order chi connectivity index (χ0) is 20.1. The first-order valence-electron chi connectivity index (χ1n) is 9.62. The van der Waals surface area contributed by atoms with Crippen molar-refractivity contribution in [1.29, 1.82) is 0 Å². The van der Waals surface area contributed by atoms with Crippen molar-refractivity contribution in [3.8, 4) is 11.3 Å². The lowest BCUT2D eigenvalue weighted by Crippen LogP contribution is -2.46. The van der Waals surface area contributed by atoms with Gasteiger partial charge in [0.15, 0.2) is 0 Å². The molecule has 2 heterocycles. The Morgan fingerprint density at radius 1 is 1.32 bits per heavy atom. The second kappa shape index (κ2) is 8.99. The molecule has 0 radical (unpaired) electrons. The largest absolute Gasteiger partial charge is 0.329 e. The molecular formula is C20H27N5O3. The Bertz CT molecular complexity index is 827. The highest BCUT2D eigenvalue weighted by Crippen LogP contribution is 2.20. The van der Waals surface area contributed by atoms with Crippen LogP contribution >= 0.6 is 0 Å². The molecule has 1 fully saturated rings. The number of hydrogen-bond acceptors (Lipinski definition) is 5. The molecule has 3 rings (SSSR count). The number of benzene rings is 1. The molecule has 2 aromatic rings. The Morgan fingerprint density at radius 2 is 2.07 bits per heavy atom. The van der Waals surface area contributed by atoms with Crippen LogP contribution in [0.15, 0.2) is 36.8 Å². The lowest BCUT2D eigenvalue weighted by molar-refractivity contribution is 0.0706. The minimum absolute atomic E-state index is 0.114. The van der Waals surface area contributed by atoms with E-state index < -0.39 is 5.91 Å². The predicted molar refractivity (Wildman–Crippen MR) is 105 cm³/mol. The summed E-state index contributed by atoms with van der Waals surface area (Å²) in [5.74, 6) is -0.591. The molecule has 1 aromatic carbocycles. The summed E-state index contributed by atoms with van der Waals surface area (Å²) in [6.45, 7) is 5.34. The first-order valence-corrected chi connectivity index (χ1v) is 9.62. The molecule has 0 aliphatic carbocycles. The molecule has 8 heteroatoms. The normalized spacial score (nSPS) is 15.4. The highest BCUT2D eigenvalue weighted by atomic mass is 16.5. The highest BCUT2D eigenvalue weighted by Gasteiger charge is 2.26. The van der Waals surface area contributed by atoms with E-state index in [1.807, 2.05) is 7.05 Å². The van der Waals surface area contributed by atoms with Gasteiger partial charge in [0.2, 0.25) is 0 Å². The average Bonchev–Trinajstić information content (AvgIpc) is 3.23. The van der Waals surface area contributed by atoms with Crippen LogP contribution in [0, 0.1) is 0 Å². The summed E-state index contributed by atoms with van der Waals surface area (Å²) in [5, 5.41) is 8.79. The van der Waals surface area contributed by atoms with Gasteiger partial charge in [-0.15, -0.1) is 0 Å². The number of hydroxylamine groups is 1. The second-order valence-corrected chi connectivity index (χ2v) is 7.15.